The van der Waals surface area contributed by atoms with Gasteiger partial charge in [0.1, 0.15) is 10.4 Å². The van der Waals surface area contributed by atoms with Crippen LogP contribution in [0.25, 0.3) is 10.9 Å². The van der Waals surface area contributed by atoms with Crippen molar-refractivity contribution < 1.29 is 17.5 Å². The molecule has 2 rings (SSSR count). The highest BCUT2D eigenvalue weighted by Crippen LogP contribution is 2.29. The summed E-state index contributed by atoms with van der Waals surface area (Å²) in [5.41, 5.74) is -0.273. The second kappa shape index (κ2) is 3.07. The van der Waals surface area contributed by atoms with Crippen LogP contribution in [0.5, 0.6) is 0 Å². The van der Waals surface area contributed by atoms with Crippen molar-refractivity contribution in [2.45, 2.75) is 4.90 Å². The molecule has 0 aliphatic rings. The van der Waals surface area contributed by atoms with E-state index in [1.54, 1.807) is 0 Å². The van der Waals surface area contributed by atoms with Gasteiger partial charge in [0.25, 0.3) is 0 Å². The molecule has 8 heteroatoms. The van der Waals surface area contributed by atoms with Gasteiger partial charge in [0.05, 0.1) is 11.2 Å². The largest absolute Gasteiger partial charge is 0.411 e. The number of aromatic nitrogens is 2. The van der Waals surface area contributed by atoms with Gasteiger partial charge in [-0.05, 0) is 12.1 Å². The van der Waals surface area contributed by atoms with Gasteiger partial charge in [0.2, 0.25) is 0 Å². The predicted octanol–water partition coefficient (Wildman–Crippen LogP) is 1.59. The fourth-order valence-corrected chi connectivity index (χ4v) is 2.11. The maximum absolute atomic E-state index is 12.8. The number of hydrogen-bond donors (Lipinski definition) is 1. The molecule has 1 N–H and O–H groups in total. The zero-order valence-corrected chi connectivity index (χ0v) is 8.63. The number of halogens is 2. The molecule has 2 aromatic rings. The van der Waals surface area contributed by atoms with Crippen molar-refractivity contribution in [3.8, 4) is 0 Å². The fourth-order valence-electron chi connectivity index (χ4n) is 1.26. The van der Waals surface area contributed by atoms with Gasteiger partial charge in [0, 0.05) is 5.39 Å². The van der Waals surface area contributed by atoms with Crippen LogP contribution in [0.3, 0.4) is 0 Å². The lowest BCUT2D eigenvalue weighted by Crippen LogP contribution is -1.99. The summed E-state index contributed by atoms with van der Waals surface area (Å²) in [6, 6.07) is 2.19. The molecule has 0 saturated carbocycles. The van der Waals surface area contributed by atoms with E-state index < -0.39 is 15.1 Å². The Labute approximate surface area is 88.9 Å². The molecule has 15 heavy (non-hydrogen) atoms. The molecule has 0 radical (unpaired) electrons. The molecule has 0 saturated heterocycles. The number of hydrogen-bond acceptors (Lipinski definition) is 4. The van der Waals surface area contributed by atoms with Crippen LogP contribution < -0.4 is 0 Å². The van der Waals surface area contributed by atoms with Crippen molar-refractivity contribution >= 4 is 32.7 Å². The lowest BCUT2D eigenvalue weighted by Gasteiger charge is -2.00. The molecular formula is C7H4ClFN2O3S. The van der Waals surface area contributed by atoms with Gasteiger partial charge in [-0.3, -0.25) is 0 Å². The summed E-state index contributed by atoms with van der Waals surface area (Å²) in [7, 11) is -4.92. The summed E-state index contributed by atoms with van der Waals surface area (Å²) >= 11 is 5.71. The van der Waals surface area contributed by atoms with Crippen LogP contribution in [-0.4, -0.2) is 23.6 Å². The average Bonchev–Trinajstić information content (AvgIpc) is 2.48. The molecule has 0 unspecified atom stereocenters. The zero-order chi connectivity index (χ0) is 11.2. The minimum atomic E-state index is -4.92. The van der Waals surface area contributed by atoms with E-state index in [-0.39, 0.29) is 20.8 Å². The highest BCUT2D eigenvalue weighted by atomic mass is 35.5. The van der Waals surface area contributed by atoms with Gasteiger partial charge in [-0.2, -0.15) is 8.42 Å². The molecule has 0 aliphatic carbocycles. The van der Waals surface area contributed by atoms with Crippen LogP contribution in [-0.2, 0) is 10.2 Å². The molecule has 0 aliphatic heterocycles. The first kappa shape index (κ1) is 10.2. The van der Waals surface area contributed by atoms with Crippen molar-refractivity contribution in [1.29, 1.82) is 0 Å². The van der Waals surface area contributed by atoms with E-state index in [4.69, 9.17) is 11.6 Å². The Morgan fingerprint density at radius 2 is 2.13 bits per heavy atom. The monoisotopic (exact) mass is 250 g/mol. The lowest BCUT2D eigenvalue weighted by atomic mass is 10.2. The van der Waals surface area contributed by atoms with Crippen LogP contribution in [0.1, 0.15) is 0 Å². The Hall–Kier alpha value is -1.34. The van der Waals surface area contributed by atoms with Crippen LogP contribution in [0.15, 0.2) is 23.2 Å². The second-order valence-electron chi connectivity index (χ2n) is 2.78. The van der Waals surface area contributed by atoms with Crippen LogP contribution in [0, 0.1) is 0 Å². The summed E-state index contributed by atoms with van der Waals surface area (Å²) in [6.07, 6.45) is 1.15. The summed E-state index contributed by atoms with van der Waals surface area (Å²) in [6.45, 7) is 0. The first-order valence-corrected chi connectivity index (χ1v) is 5.47. The first-order valence-electron chi connectivity index (χ1n) is 3.71. The number of rotatable bonds is 1. The van der Waals surface area contributed by atoms with E-state index in [1.807, 2.05) is 0 Å². The lowest BCUT2D eigenvalue weighted by molar-refractivity contribution is 0.160. The smallest absolute Gasteiger partial charge is 0.334 e. The average molecular weight is 251 g/mol. The zero-order valence-electron chi connectivity index (χ0n) is 7.05. The maximum atomic E-state index is 12.8. The molecule has 0 spiro atoms. The molecule has 1 heterocycles. The topological polar surface area (TPSA) is 72.2 Å². The van der Waals surface area contributed by atoms with Crippen molar-refractivity contribution in [2.24, 2.45) is 0 Å². The first-order chi connectivity index (χ1) is 6.91. The SMILES string of the molecule is O=S(=O)(F)c1ccc(Cl)c2cnn(O)c12. The van der Waals surface area contributed by atoms with Crippen LogP contribution in [0.2, 0.25) is 5.02 Å². The van der Waals surface area contributed by atoms with E-state index in [0.29, 0.717) is 0 Å². The minimum absolute atomic E-state index is 0.165. The Kier molecular flexibility index (Phi) is 2.09. The second-order valence-corrected chi connectivity index (χ2v) is 4.50. The highest BCUT2D eigenvalue weighted by molar-refractivity contribution is 7.86. The Morgan fingerprint density at radius 1 is 1.47 bits per heavy atom. The number of nitrogens with zero attached hydrogens (tertiary/aromatic N) is 2. The van der Waals surface area contributed by atoms with Crippen molar-refractivity contribution in [1.82, 2.24) is 9.94 Å². The van der Waals surface area contributed by atoms with Crippen molar-refractivity contribution in [2.75, 3.05) is 0 Å². The van der Waals surface area contributed by atoms with Crippen LogP contribution >= 0.6 is 11.6 Å². The van der Waals surface area contributed by atoms with Crippen molar-refractivity contribution in [3.05, 3.63) is 23.4 Å². The van der Waals surface area contributed by atoms with Crippen LogP contribution in [0.4, 0.5) is 3.89 Å². The van der Waals surface area contributed by atoms with E-state index in [1.165, 1.54) is 6.07 Å². The third-order valence-corrected chi connectivity index (χ3v) is 3.07. The number of benzene rings is 1. The fraction of sp³-hybridized carbons (Fsp3) is 0. The summed E-state index contributed by atoms with van der Waals surface area (Å²) in [4.78, 5) is -0.393. The van der Waals surface area contributed by atoms with Gasteiger partial charge in [-0.1, -0.05) is 11.6 Å². The van der Waals surface area contributed by atoms with Gasteiger partial charge in [0.15, 0.2) is 0 Å². The quantitative estimate of drug-likeness (QED) is 0.616. The van der Waals surface area contributed by atoms with E-state index in [2.05, 4.69) is 5.10 Å². The van der Waals surface area contributed by atoms with Gasteiger partial charge < -0.3 is 5.21 Å². The van der Waals surface area contributed by atoms with Gasteiger partial charge in [-0.15, -0.1) is 13.8 Å². The molecule has 1 aromatic carbocycles. The van der Waals surface area contributed by atoms with Gasteiger partial charge >= 0.3 is 10.2 Å². The standard InChI is InChI=1S/C7H4ClFN2O3S/c8-5-1-2-6(15(9,13)14)7-4(5)3-10-11(7)12/h1-3,12H. The normalized spacial score (nSPS) is 12.1. The molecule has 0 bridgehead atoms. The molecule has 80 valence electrons. The third-order valence-electron chi connectivity index (χ3n) is 1.89. The van der Waals surface area contributed by atoms with Crippen molar-refractivity contribution in [3.63, 3.8) is 0 Å². The molecule has 1 aromatic heterocycles. The Bertz CT molecular complexity index is 637. The maximum Gasteiger partial charge on any atom is 0.334 e. The Balaban J connectivity index is 3.00. The Morgan fingerprint density at radius 3 is 2.73 bits per heavy atom. The highest BCUT2D eigenvalue weighted by Gasteiger charge is 2.21. The summed E-state index contributed by atoms with van der Waals surface area (Å²) in [5.74, 6) is 0. The van der Waals surface area contributed by atoms with E-state index in [9.17, 15) is 17.5 Å². The number of fused-ring (bicyclic) bond motifs is 1. The molecule has 0 atom stereocenters. The van der Waals surface area contributed by atoms with E-state index in [0.717, 1.165) is 12.3 Å². The summed E-state index contributed by atoms with van der Waals surface area (Å²) < 4.78 is 34.3. The third kappa shape index (κ3) is 1.53. The van der Waals surface area contributed by atoms with Gasteiger partial charge in [-0.25, -0.2) is 0 Å². The predicted molar refractivity (Wildman–Crippen MR) is 50.2 cm³/mol. The molecule has 5 nitrogen and oxygen atoms in total. The molecule has 0 fully saturated rings. The summed E-state index contributed by atoms with van der Waals surface area (Å²) in [5, 5.41) is 12.9. The van der Waals surface area contributed by atoms with E-state index >= 15 is 0 Å². The molecular weight excluding hydrogens is 247 g/mol. The molecule has 0 amide bonds. The minimum Gasteiger partial charge on any atom is -0.411 e.